The number of allylic oxidation sites excluding steroid dienone is 1. The van der Waals surface area contributed by atoms with E-state index in [1.54, 1.807) is 20.1 Å². The van der Waals surface area contributed by atoms with Gasteiger partial charge in [-0.25, -0.2) is 0 Å². The van der Waals surface area contributed by atoms with Gasteiger partial charge in [0.05, 0.1) is 25.3 Å². The van der Waals surface area contributed by atoms with E-state index in [1.165, 1.54) is 7.11 Å². The molecule has 1 N–H and O–H groups in total. The Morgan fingerprint density at radius 3 is 2.56 bits per heavy atom. The predicted molar refractivity (Wildman–Crippen MR) is 103 cm³/mol. The molecule has 2 rings (SSSR count). The van der Waals surface area contributed by atoms with Gasteiger partial charge in [0.15, 0.2) is 22.4 Å². The molecule has 0 aromatic heterocycles. The highest BCUT2D eigenvalue weighted by Crippen LogP contribution is 2.42. The molecule has 1 aliphatic rings. The van der Waals surface area contributed by atoms with E-state index in [2.05, 4.69) is 12.2 Å². The van der Waals surface area contributed by atoms with Crippen molar-refractivity contribution in [3.63, 3.8) is 0 Å². The minimum Gasteiger partial charge on any atom is -0.493 e. The van der Waals surface area contributed by atoms with Gasteiger partial charge < -0.3 is 19.7 Å². The van der Waals surface area contributed by atoms with Crippen molar-refractivity contribution < 1.29 is 14.3 Å². The number of carbonyl (C=O) groups excluding carboxylic acids is 1. The number of rotatable bonds is 6. The lowest BCUT2D eigenvalue weighted by atomic mass is 9.92. The Balaban J connectivity index is 2.62. The summed E-state index contributed by atoms with van der Waals surface area (Å²) in [5, 5.41) is 4.24. The zero-order chi connectivity index (χ0) is 18.7. The van der Waals surface area contributed by atoms with Gasteiger partial charge in [-0.15, -0.1) is 0 Å². The molecule has 1 atom stereocenters. The van der Waals surface area contributed by atoms with Gasteiger partial charge in [-0.2, -0.15) is 0 Å². The van der Waals surface area contributed by atoms with E-state index in [9.17, 15) is 4.79 Å². The fraction of sp³-hybridized carbons (Fsp3) is 0.444. The quantitative estimate of drug-likeness (QED) is 0.754. The molecular formula is C18H23ClN2O3S. The SMILES string of the molecule is CCCN1C(=S)NC(c2ccc(OC)c(OC)c2Cl)C(C(C)=O)=C1C. The van der Waals surface area contributed by atoms with Crippen molar-refractivity contribution in [3.8, 4) is 11.5 Å². The molecule has 1 heterocycles. The van der Waals surface area contributed by atoms with Crippen LogP contribution >= 0.6 is 23.8 Å². The molecule has 7 heteroatoms. The number of thiocarbonyl (C=S) groups is 1. The normalized spacial score (nSPS) is 17.4. The first kappa shape index (κ1) is 19.5. The summed E-state index contributed by atoms with van der Waals surface area (Å²) in [6.45, 7) is 6.29. The molecule has 0 amide bonds. The third-order valence-electron chi connectivity index (χ3n) is 4.25. The van der Waals surface area contributed by atoms with Crippen LogP contribution in [-0.2, 0) is 4.79 Å². The Morgan fingerprint density at radius 1 is 1.36 bits per heavy atom. The van der Waals surface area contributed by atoms with E-state index in [1.807, 2.05) is 17.9 Å². The molecular weight excluding hydrogens is 360 g/mol. The minimum absolute atomic E-state index is 0.0237. The summed E-state index contributed by atoms with van der Waals surface area (Å²) in [6.07, 6.45) is 0.923. The average molecular weight is 383 g/mol. The van der Waals surface area contributed by atoms with Crippen LogP contribution in [-0.4, -0.2) is 36.6 Å². The third-order valence-corrected chi connectivity index (χ3v) is 4.98. The molecule has 0 saturated carbocycles. The maximum absolute atomic E-state index is 12.4. The van der Waals surface area contributed by atoms with Gasteiger partial charge in [-0.05, 0) is 38.6 Å². The van der Waals surface area contributed by atoms with Gasteiger partial charge in [-0.1, -0.05) is 24.6 Å². The van der Waals surface area contributed by atoms with Crippen molar-refractivity contribution in [1.29, 1.82) is 0 Å². The predicted octanol–water partition coefficient (Wildman–Crippen LogP) is 3.86. The zero-order valence-corrected chi connectivity index (χ0v) is 16.7. The molecule has 0 fully saturated rings. The highest BCUT2D eigenvalue weighted by Gasteiger charge is 2.34. The van der Waals surface area contributed by atoms with Gasteiger partial charge >= 0.3 is 0 Å². The van der Waals surface area contributed by atoms with Gasteiger partial charge in [0.1, 0.15) is 0 Å². The average Bonchev–Trinajstić information content (AvgIpc) is 2.57. The lowest BCUT2D eigenvalue weighted by Gasteiger charge is -2.38. The minimum atomic E-state index is -0.426. The molecule has 1 aliphatic heterocycles. The Hall–Kier alpha value is -1.79. The van der Waals surface area contributed by atoms with Crippen LogP contribution < -0.4 is 14.8 Å². The molecule has 1 unspecified atom stereocenters. The van der Waals surface area contributed by atoms with Crippen LogP contribution in [0.2, 0.25) is 5.02 Å². The number of hydrogen-bond donors (Lipinski definition) is 1. The third kappa shape index (κ3) is 3.60. The largest absolute Gasteiger partial charge is 0.493 e. The Labute approximate surface area is 158 Å². The first-order chi connectivity index (χ1) is 11.9. The smallest absolute Gasteiger partial charge is 0.179 e. The van der Waals surface area contributed by atoms with Crippen LogP contribution in [0.25, 0.3) is 0 Å². The van der Waals surface area contributed by atoms with Crippen molar-refractivity contribution in [2.24, 2.45) is 0 Å². The van der Waals surface area contributed by atoms with Crippen molar-refractivity contribution in [2.45, 2.75) is 33.2 Å². The Kier molecular flexibility index (Phi) is 6.30. The lowest BCUT2D eigenvalue weighted by Crippen LogP contribution is -2.47. The second kappa shape index (κ2) is 8.06. The zero-order valence-electron chi connectivity index (χ0n) is 15.1. The summed E-state index contributed by atoms with van der Waals surface area (Å²) in [5.41, 5.74) is 2.23. The van der Waals surface area contributed by atoms with Crippen molar-refractivity contribution >= 4 is 34.7 Å². The van der Waals surface area contributed by atoms with Crippen LogP contribution in [0.4, 0.5) is 0 Å². The van der Waals surface area contributed by atoms with E-state index < -0.39 is 6.04 Å². The topological polar surface area (TPSA) is 50.8 Å². The fourth-order valence-electron chi connectivity index (χ4n) is 3.09. The molecule has 136 valence electrons. The van der Waals surface area contributed by atoms with Crippen LogP contribution in [0, 0.1) is 0 Å². The second-order valence-corrected chi connectivity index (χ2v) is 6.56. The molecule has 1 aromatic rings. The number of hydrogen-bond acceptors (Lipinski definition) is 4. The van der Waals surface area contributed by atoms with E-state index in [0.29, 0.717) is 27.2 Å². The summed E-state index contributed by atoms with van der Waals surface area (Å²) >= 11 is 12.1. The van der Waals surface area contributed by atoms with Crippen LogP contribution in [0.15, 0.2) is 23.4 Å². The van der Waals surface area contributed by atoms with Crippen molar-refractivity contribution in [2.75, 3.05) is 20.8 Å². The molecule has 1 aromatic carbocycles. The van der Waals surface area contributed by atoms with E-state index in [4.69, 9.17) is 33.3 Å². The summed E-state index contributed by atoms with van der Waals surface area (Å²) in [6, 6.07) is 3.18. The lowest BCUT2D eigenvalue weighted by molar-refractivity contribution is -0.114. The van der Waals surface area contributed by atoms with Gasteiger partial charge in [0.2, 0.25) is 0 Å². The number of methoxy groups -OCH3 is 2. The molecule has 0 spiro atoms. The maximum Gasteiger partial charge on any atom is 0.179 e. The number of halogens is 1. The standard InChI is InChI=1S/C18H23ClN2O3S/c1-6-9-21-10(2)14(11(3)22)16(20-18(21)25)12-7-8-13(23-4)17(24-5)15(12)19/h7-8,16H,6,9H2,1-5H3,(H,20,25). The molecule has 0 aliphatic carbocycles. The first-order valence-corrected chi connectivity index (χ1v) is 8.86. The maximum atomic E-state index is 12.4. The summed E-state index contributed by atoms with van der Waals surface area (Å²) in [7, 11) is 3.08. The summed E-state index contributed by atoms with van der Waals surface area (Å²) in [4.78, 5) is 14.3. The number of nitrogens with zero attached hydrogens (tertiary/aromatic N) is 1. The van der Waals surface area contributed by atoms with Gasteiger partial charge in [0.25, 0.3) is 0 Å². The Morgan fingerprint density at radius 2 is 2.04 bits per heavy atom. The van der Waals surface area contributed by atoms with Gasteiger partial charge in [0, 0.05) is 23.4 Å². The number of ether oxygens (including phenoxy) is 2. The number of carbonyl (C=O) groups is 1. The van der Waals surface area contributed by atoms with E-state index in [0.717, 1.165) is 24.2 Å². The molecule has 25 heavy (non-hydrogen) atoms. The Bertz CT molecular complexity index is 733. The number of benzene rings is 1. The molecule has 0 bridgehead atoms. The monoisotopic (exact) mass is 382 g/mol. The van der Waals surface area contributed by atoms with Crippen molar-refractivity contribution in [3.05, 3.63) is 34.0 Å². The van der Waals surface area contributed by atoms with Crippen LogP contribution in [0.3, 0.4) is 0 Å². The van der Waals surface area contributed by atoms with Crippen molar-refractivity contribution in [1.82, 2.24) is 10.2 Å². The van der Waals surface area contributed by atoms with Crippen LogP contribution in [0.5, 0.6) is 11.5 Å². The number of nitrogens with one attached hydrogen (secondary N) is 1. The highest BCUT2D eigenvalue weighted by molar-refractivity contribution is 7.80. The fourth-order valence-corrected chi connectivity index (χ4v) is 3.78. The summed E-state index contributed by atoms with van der Waals surface area (Å²) < 4.78 is 10.7. The van der Waals surface area contributed by atoms with Gasteiger partial charge in [-0.3, -0.25) is 4.79 Å². The first-order valence-electron chi connectivity index (χ1n) is 8.07. The number of ketones is 1. The van der Waals surface area contributed by atoms with E-state index in [-0.39, 0.29) is 5.78 Å². The summed E-state index contributed by atoms with van der Waals surface area (Å²) in [5.74, 6) is 0.947. The van der Waals surface area contributed by atoms with Crippen LogP contribution in [0.1, 0.15) is 38.8 Å². The second-order valence-electron chi connectivity index (χ2n) is 5.79. The molecule has 5 nitrogen and oxygen atoms in total. The molecule has 0 saturated heterocycles. The van der Waals surface area contributed by atoms with E-state index >= 15 is 0 Å². The molecule has 0 radical (unpaired) electrons. The number of Topliss-reactive ketones (excluding diaryl/α,β-unsaturated/α-hetero) is 1. The highest BCUT2D eigenvalue weighted by atomic mass is 35.5.